The molecule has 4 heteroatoms. The van der Waals surface area contributed by atoms with Gasteiger partial charge in [0.2, 0.25) is 0 Å². The average Bonchev–Trinajstić information content (AvgIpc) is 2.38. The number of carbonyl (C=O) groups is 1. The third-order valence-corrected chi connectivity index (χ3v) is 3.26. The standard InChI is InChI=1S/C15H23NO3/c1-10(2)14(15(17)18)16-9-11(3)12-5-7-13(19-4)8-6-12/h5-8,10-11,14,16H,9H2,1-4H3,(H,17,18)/t11?,14-/m0/s1. The zero-order chi connectivity index (χ0) is 14.4. The van der Waals surface area contributed by atoms with Gasteiger partial charge in [-0.3, -0.25) is 4.79 Å². The monoisotopic (exact) mass is 265 g/mol. The van der Waals surface area contributed by atoms with Gasteiger partial charge < -0.3 is 15.2 Å². The summed E-state index contributed by atoms with van der Waals surface area (Å²) < 4.78 is 5.12. The molecule has 2 N–H and O–H groups in total. The molecule has 0 aliphatic heterocycles. The fourth-order valence-corrected chi connectivity index (χ4v) is 1.96. The van der Waals surface area contributed by atoms with E-state index < -0.39 is 12.0 Å². The normalized spacial score (nSPS) is 14.2. The number of benzene rings is 1. The highest BCUT2D eigenvalue weighted by atomic mass is 16.5. The van der Waals surface area contributed by atoms with Crippen molar-refractivity contribution in [1.82, 2.24) is 5.32 Å². The Morgan fingerprint density at radius 1 is 1.26 bits per heavy atom. The second-order valence-electron chi connectivity index (χ2n) is 5.14. The van der Waals surface area contributed by atoms with E-state index in [1.54, 1.807) is 7.11 Å². The quantitative estimate of drug-likeness (QED) is 0.795. The van der Waals surface area contributed by atoms with E-state index >= 15 is 0 Å². The highest BCUT2D eigenvalue weighted by Crippen LogP contribution is 2.18. The number of aliphatic carboxylic acids is 1. The van der Waals surface area contributed by atoms with Gasteiger partial charge in [-0.2, -0.15) is 0 Å². The molecule has 0 bridgehead atoms. The molecule has 1 unspecified atom stereocenters. The van der Waals surface area contributed by atoms with Gasteiger partial charge in [0.1, 0.15) is 11.8 Å². The van der Waals surface area contributed by atoms with Crippen LogP contribution in [0.4, 0.5) is 0 Å². The van der Waals surface area contributed by atoms with Crippen molar-refractivity contribution in [3.8, 4) is 5.75 Å². The van der Waals surface area contributed by atoms with Gasteiger partial charge in [0.05, 0.1) is 7.11 Å². The second kappa shape index (κ2) is 7.14. The van der Waals surface area contributed by atoms with E-state index in [1.165, 1.54) is 5.56 Å². The van der Waals surface area contributed by atoms with Crippen molar-refractivity contribution in [3.05, 3.63) is 29.8 Å². The summed E-state index contributed by atoms with van der Waals surface area (Å²) >= 11 is 0. The minimum atomic E-state index is -0.795. The lowest BCUT2D eigenvalue weighted by atomic mass is 9.99. The fraction of sp³-hybridized carbons (Fsp3) is 0.533. The van der Waals surface area contributed by atoms with Crippen LogP contribution in [0.25, 0.3) is 0 Å². The fourth-order valence-electron chi connectivity index (χ4n) is 1.96. The number of nitrogens with one attached hydrogen (secondary N) is 1. The molecule has 1 rings (SSSR count). The number of hydrogen-bond donors (Lipinski definition) is 2. The van der Waals surface area contributed by atoms with Crippen LogP contribution in [-0.2, 0) is 4.79 Å². The molecular formula is C15H23NO3. The summed E-state index contributed by atoms with van der Waals surface area (Å²) in [5, 5.41) is 12.2. The van der Waals surface area contributed by atoms with E-state index in [4.69, 9.17) is 9.84 Å². The molecule has 0 radical (unpaired) electrons. The van der Waals surface area contributed by atoms with Crippen molar-refractivity contribution in [3.63, 3.8) is 0 Å². The maximum absolute atomic E-state index is 11.1. The lowest BCUT2D eigenvalue weighted by Gasteiger charge is -2.21. The second-order valence-corrected chi connectivity index (χ2v) is 5.14. The first-order valence-electron chi connectivity index (χ1n) is 6.55. The van der Waals surface area contributed by atoms with Gasteiger partial charge in [0.15, 0.2) is 0 Å². The third-order valence-electron chi connectivity index (χ3n) is 3.26. The van der Waals surface area contributed by atoms with Crippen LogP contribution in [0.5, 0.6) is 5.75 Å². The Morgan fingerprint density at radius 3 is 2.26 bits per heavy atom. The number of ether oxygens (including phenoxy) is 1. The Bertz CT molecular complexity index is 400. The Morgan fingerprint density at radius 2 is 1.84 bits per heavy atom. The van der Waals surface area contributed by atoms with Crippen LogP contribution in [0.2, 0.25) is 0 Å². The van der Waals surface area contributed by atoms with Crippen molar-refractivity contribution in [2.24, 2.45) is 5.92 Å². The Balaban J connectivity index is 2.58. The first kappa shape index (κ1) is 15.5. The smallest absolute Gasteiger partial charge is 0.320 e. The molecule has 0 heterocycles. The van der Waals surface area contributed by atoms with Gasteiger partial charge in [-0.1, -0.05) is 32.9 Å². The van der Waals surface area contributed by atoms with Crippen LogP contribution < -0.4 is 10.1 Å². The highest BCUT2D eigenvalue weighted by Gasteiger charge is 2.21. The third kappa shape index (κ3) is 4.56. The van der Waals surface area contributed by atoms with Crippen LogP contribution in [0.1, 0.15) is 32.3 Å². The van der Waals surface area contributed by atoms with Crippen LogP contribution in [0, 0.1) is 5.92 Å². The number of carboxylic acid groups (broad SMARTS) is 1. The predicted octanol–water partition coefficient (Wildman–Crippen LogP) is 2.50. The van der Waals surface area contributed by atoms with Crippen molar-refractivity contribution >= 4 is 5.97 Å². The molecule has 4 nitrogen and oxygen atoms in total. The summed E-state index contributed by atoms with van der Waals surface area (Å²) in [5.74, 6) is 0.360. The summed E-state index contributed by atoms with van der Waals surface area (Å²) in [6, 6.07) is 7.36. The van der Waals surface area contributed by atoms with E-state index in [0.29, 0.717) is 6.54 Å². The van der Waals surface area contributed by atoms with Gasteiger partial charge in [0, 0.05) is 6.54 Å². The SMILES string of the molecule is COc1ccc(C(C)CN[C@H](C(=O)O)C(C)C)cc1. The number of rotatable bonds is 7. The molecule has 0 aliphatic rings. The Hall–Kier alpha value is -1.55. The summed E-state index contributed by atoms with van der Waals surface area (Å²) in [7, 11) is 1.64. The van der Waals surface area contributed by atoms with Gasteiger partial charge in [0.25, 0.3) is 0 Å². The zero-order valence-electron chi connectivity index (χ0n) is 12.0. The Labute approximate surface area is 114 Å². The van der Waals surface area contributed by atoms with Crippen LogP contribution in [0.3, 0.4) is 0 Å². The minimum Gasteiger partial charge on any atom is -0.497 e. The highest BCUT2D eigenvalue weighted by molar-refractivity contribution is 5.73. The molecule has 1 aromatic carbocycles. The van der Waals surface area contributed by atoms with E-state index in [9.17, 15) is 4.79 Å². The zero-order valence-corrected chi connectivity index (χ0v) is 12.0. The van der Waals surface area contributed by atoms with Crippen molar-refractivity contribution in [2.45, 2.75) is 32.7 Å². The molecule has 19 heavy (non-hydrogen) atoms. The van der Waals surface area contributed by atoms with Crippen molar-refractivity contribution in [1.29, 1.82) is 0 Å². The van der Waals surface area contributed by atoms with E-state index in [0.717, 1.165) is 5.75 Å². The maximum atomic E-state index is 11.1. The molecule has 2 atom stereocenters. The van der Waals surface area contributed by atoms with Crippen LogP contribution in [-0.4, -0.2) is 30.8 Å². The molecule has 0 saturated heterocycles. The molecule has 0 aliphatic carbocycles. The molecule has 0 aromatic heterocycles. The lowest BCUT2D eigenvalue weighted by molar-refractivity contribution is -0.140. The summed E-state index contributed by atoms with van der Waals surface area (Å²) in [6.45, 7) is 6.53. The predicted molar refractivity (Wildman–Crippen MR) is 75.7 cm³/mol. The molecular weight excluding hydrogens is 242 g/mol. The summed E-state index contributed by atoms with van der Waals surface area (Å²) in [4.78, 5) is 11.1. The Kier molecular flexibility index (Phi) is 5.83. The van der Waals surface area contributed by atoms with Gasteiger partial charge in [-0.15, -0.1) is 0 Å². The maximum Gasteiger partial charge on any atom is 0.320 e. The van der Waals surface area contributed by atoms with Gasteiger partial charge in [-0.25, -0.2) is 0 Å². The summed E-state index contributed by atoms with van der Waals surface area (Å²) in [5.41, 5.74) is 1.17. The van der Waals surface area contributed by atoms with E-state index in [1.807, 2.05) is 38.1 Å². The van der Waals surface area contributed by atoms with E-state index in [-0.39, 0.29) is 11.8 Å². The van der Waals surface area contributed by atoms with Crippen molar-refractivity contribution < 1.29 is 14.6 Å². The number of carboxylic acids is 1. The molecule has 1 aromatic rings. The minimum absolute atomic E-state index is 0.0700. The molecule has 0 fully saturated rings. The largest absolute Gasteiger partial charge is 0.497 e. The van der Waals surface area contributed by atoms with Crippen molar-refractivity contribution in [2.75, 3.05) is 13.7 Å². The molecule has 0 spiro atoms. The molecule has 106 valence electrons. The van der Waals surface area contributed by atoms with Crippen LogP contribution in [0.15, 0.2) is 24.3 Å². The van der Waals surface area contributed by atoms with E-state index in [2.05, 4.69) is 12.2 Å². The van der Waals surface area contributed by atoms with Crippen LogP contribution >= 0.6 is 0 Å². The van der Waals surface area contributed by atoms with Gasteiger partial charge >= 0.3 is 5.97 Å². The first-order chi connectivity index (χ1) is 8.95. The van der Waals surface area contributed by atoms with Gasteiger partial charge in [-0.05, 0) is 29.5 Å². The lowest BCUT2D eigenvalue weighted by Crippen LogP contribution is -2.42. The number of hydrogen-bond acceptors (Lipinski definition) is 3. The summed E-state index contributed by atoms with van der Waals surface area (Å²) in [6.07, 6.45) is 0. The topological polar surface area (TPSA) is 58.6 Å². The first-order valence-corrected chi connectivity index (χ1v) is 6.55. The molecule has 0 saturated carbocycles. The average molecular weight is 265 g/mol. The molecule has 0 amide bonds. The number of methoxy groups -OCH3 is 1.